The molecule has 0 radical (unpaired) electrons. The summed E-state index contributed by atoms with van der Waals surface area (Å²) < 4.78 is 0. The van der Waals surface area contributed by atoms with Crippen LogP contribution in [-0.2, 0) is 17.9 Å². The fourth-order valence-corrected chi connectivity index (χ4v) is 4.15. The topological polar surface area (TPSA) is 56.7 Å². The molecular weight excluding hydrogens is 348 g/mol. The monoisotopic (exact) mass is 384 g/mol. The molecule has 154 valence electrons. The molecule has 1 aliphatic heterocycles. The first-order chi connectivity index (χ1) is 13.5. The van der Waals surface area contributed by atoms with Crippen molar-refractivity contribution in [1.82, 2.24) is 15.5 Å². The number of hydrogen-bond acceptors (Lipinski definition) is 2. The second kappa shape index (κ2) is 9.44. The van der Waals surface area contributed by atoms with Crippen LogP contribution in [0.1, 0.15) is 70.4 Å². The lowest BCUT2D eigenvalue weighted by Crippen LogP contribution is -2.45. The number of guanidine groups is 1. The SMILES string of the molecule is CCNC(=NCCCC(=O)N1Cc2ccccc2C1)NC1CCC(C)(C)CC1. The van der Waals surface area contributed by atoms with E-state index in [0.29, 0.717) is 24.4 Å². The minimum Gasteiger partial charge on any atom is -0.357 e. The number of hydrogen-bond donors (Lipinski definition) is 2. The highest BCUT2D eigenvalue weighted by atomic mass is 16.2. The number of nitrogens with zero attached hydrogens (tertiary/aromatic N) is 2. The summed E-state index contributed by atoms with van der Waals surface area (Å²) in [5, 5.41) is 6.94. The lowest BCUT2D eigenvalue weighted by molar-refractivity contribution is -0.131. The first-order valence-electron chi connectivity index (χ1n) is 10.9. The van der Waals surface area contributed by atoms with E-state index in [1.165, 1.54) is 36.8 Å². The molecular formula is C23H36N4O. The van der Waals surface area contributed by atoms with Gasteiger partial charge < -0.3 is 15.5 Å². The van der Waals surface area contributed by atoms with Gasteiger partial charge in [-0.1, -0.05) is 38.1 Å². The summed E-state index contributed by atoms with van der Waals surface area (Å²) in [5.41, 5.74) is 3.04. The maximum absolute atomic E-state index is 12.5. The van der Waals surface area contributed by atoms with Gasteiger partial charge in [0.25, 0.3) is 0 Å². The minimum atomic E-state index is 0.235. The predicted molar refractivity (Wildman–Crippen MR) is 115 cm³/mol. The van der Waals surface area contributed by atoms with Crippen LogP contribution in [0.3, 0.4) is 0 Å². The van der Waals surface area contributed by atoms with E-state index in [4.69, 9.17) is 4.99 Å². The zero-order valence-electron chi connectivity index (χ0n) is 17.8. The normalized spacial score (nSPS) is 19.4. The van der Waals surface area contributed by atoms with Gasteiger partial charge in [0.2, 0.25) is 5.91 Å². The Morgan fingerprint density at radius 3 is 2.43 bits per heavy atom. The molecule has 28 heavy (non-hydrogen) atoms. The van der Waals surface area contributed by atoms with Crippen molar-refractivity contribution in [1.29, 1.82) is 0 Å². The Morgan fingerprint density at radius 1 is 1.18 bits per heavy atom. The summed E-state index contributed by atoms with van der Waals surface area (Å²) in [6.07, 6.45) is 6.28. The molecule has 1 amide bonds. The van der Waals surface area contributed by atoms with Gasteiger partial charge in [-0.15, -0.1) is 0 Å². The van der Waals surface area contributed by atoms with Crippen molar-refractivity contribution in [3.63, 3.8) is 0 Å². The van der Waals surface area contributed by atoms with Crippen LogP contribution in [0, 0.1) is 5.41 Å². The third-order valence-electron chi connectivity index (χ3n) is 6.04. The summed E-state index contributed by atoms with van der Waals surface area (Å²) in [5.74, 6) is 1.13. The molecule has 2 aliphatic rings. The maximum Gasteiger partial charge on any atom is 0.223 e. The first kappa shape index (κ1) is 20.7. The van der Waals surface area contributed by atoms with E-state index in [2.05, 4.69) is 43.5 Å². The Labute approximate surface area is 170 Å². The summed E-state index contributed by atoms with van der Waals surface area (Å²) >= 11 is 0. The average Bonchev–Trinajstić information content (AvgIpc) is 3.11. The Hall–Kier alpha value is -2.04. The molecule has 0 bridgehead atoms. The largest absolute Gasteiger partial charge is 0.357 e. The molecule has 5 nitrogen and oxygen atoms in total. The van der Waals surface area contributed by atoms with E-state index < -0.39 is 0 Å². The zero-order valence-corrected chi connectivity index (χ0v) is 17.8. The van der Waals surface area contributed by atoms with Gasteiger partial charge in [-0.3, -0.25) is 9.79 Å². The number of fused-ring (bicyclic) bond motifs is 1. The van der Waals surface area contributed by atoms with Crippen LogP contribution in [0.25, 0.3) is 0 Å². The Kier molecular flexibility index (Phi) is 6.97. The molecule has 1 aliphatic carbocycles. The van der Waals surface area contributed by atoms with Gasteiger partial charge in [-0.05, 0) is 55.6 Å². The molecule has 5 heteroatoms. The molecule has 1 aromatic carbocycles. The van der Waals surface area contributed by atoms with E-state index in [-0.39, 0.29) is 5.91 Å². The van der Waals surface area contributed by atoms with Crippen LogP contribution in [0.15, 0.2) is 29.3 Å². The van der Waals surface area contributed by atoms with Crippen molar-refractivity contribution >= 4 is 11.9 Å². The maximum atomic E-state index is 12.5. The minimum absolute atomic E-state index is 0.235. The molecule has 1 heterocycles. The number of nitrogens with one attached hydrogen (secondary N) is 2. The third-order valence-corrected chi connectivity index (χ3v) is 6.04. The Morgan fingerprint density at radius 2 is 1.82 bits per heavy atom. The number of rotatable bonds is 6. The number of carbonyl (C=O) groups is 1. The number of carbonyl (C=O) groups excluding carboxylic acids is 1. The number of aliphatic imine (C=N–C) groups is 1. The second-order valence-corrected chi connectivity index (χ2v) is 8.97. The highest BCUT2D eigenvalue weighted by Crippen LogP contribution is 2.34. The Bertz CT molecular complexity index is 663. The predicted octanol–water partition coefficient (Wildman–Crippen LogP) is 3.83. The quantitative estimate of drug-likeness (QED) is 0.445. The van der Waals surface area contributed by atoms with E-state index in [1.54, 1.807) is 0 Å². The van der Waals surface area contributed by atoms with E-state index in [1.807, 2.05) is 17.0 Å². The highest BCUT2D eigenvalue weighted by Gasteiger charge is 2.27. The van der Waals surface area contributed by atoms with Crippen molar-refractivity contribution in [2.24, 2.45) is 10.4 Å². The zero-order chi connectivity index (χ0) is 20.0. The molecule has 2 N–H and O–H groups in total. The smallest absolute Gasteiger partial charge is 0.223 e. The van der Waals surface area contributed by atoms with Gasteiger partial charge in [0, 0.05) is 38.6 Å². The summed E-state index contributed by atoms with van der Waals surface area (Å²) in [4.78, 5) is 19.2. The van der Waals surface area contributed by atoms with Crippen molar-refractivity contribution in [3.8, 4) is 0 Å². The Balaban J connectivity index is 1.41. The van der Waals surface area contributed by atoms with Gasteiger partial charge in [0.1, 0.15) is 0 Å². The first-order valence-corrected chi connectivity index (χ1v) is 10.9. The van der Waals surface area contributed by atoms with Crippen molar-refractivity contribution in [2.75, 3.05) is 13.1 Å². The molecule has 0 saturated heterocycles. The van der Waals surface area contributed by atoms with Crippen LogP contribution in [0.4, 0.5) is 0 Å². The van der Waals surface area contributed by atoms with Gasteiger partial charge in [-0.2, -0.15) is 0 Å². The van der Waals surface area contributed by atoms with Crippen LogP contribution >= 0.6 is 0 Å². The third kappa shape index (κ3) is 5.73. The van der Waals surface area contributed by atoms with Crippen LogP contribution in [-0.4, -0.2) is 35.9 Å². The van der Waals surface area contributed by atoms with Gasteiger partial charge in [-0.25, -0.2) is 0 Å². The molecule has 1 aromatic rings. The van der Waals surface area contributed by atoms with Crippen molar-refractivity contribution in [2.45, 2.75) is 78.4 Å². The van der Waals surface area contributed by atoms with E-state index >= 15 is 0 Å². The standard InChI is InChI=1S/C23H36N4O/c1-4-24-22(26-20-11-13-23(2,3)14-12-20)25-15-7-10-21(28)27-16-18-8-5-6-9-19(18)17-27/h5-6,8-9,20H,4,7,10-17H2,1-3H3,(H2,24,25,26). The molecule has 0 aromatic heterocycles. The van der Waals surface area contributed by atoms with Crippen molar-refractivity contribution in [3.05, 3.63) is 35.4 Å². The van der Waals surface area contributed by atoms with Crippen molar-refractivity contribution < 1.29 is 4.79 Å². The van der Waals surface area contributed by atoms with Gasteiger partial charge >= 0.3 is 0 Å². The van der Waals surface area contributed by atoms with Crippen LogP contribution < -0.4 is 10.6 Å². The summed E-state index contributed by atoms with van der Waals surface area (Å²) in [7, 11) is 0. The molecule has 3 rings (SSSR count). The highest BCUT2D eigenvalue weighted by molar-refractivity contribution is 5.80. The molecule has 0 spiro atoms. The van der Waals surface area contributed by atoms with Crippen LogP contribution in [0.5, 0.6) is 0 Å². The fourth-order valence-electron chi connectivity index (χ4n) is 4.15. The van der Waals surface area contributed by atoms with Crippen LogP contribution in [0.2, 0.25) is 0 Å². The lowest BCUT2D eigenvalue weighted by atomic mass is 9.75. The van der Waals surface area contributed by atoms with E-state index in [0.717, 1.165) is 32.0 Å². The van der Waals surface area contributed by atoms with Gasteiger partial charge in [0.05, 0.1) is 0 Å². The second-order valence-electron chi connectivity index (χ2n) is 8.97. The molecule has 0 atom stereocenters. The lowest BCUT2D eigenvalue weighted by Gasteiger charge is -2.35. The summed E-state index contributed by atoms with van der Waals surface area (Å²) in [6.45, 7) is 9.85. The van der Waals surface area contributed by atoms with E-state index in [9.17, 15) is 4.79 Å². The number of amides is 1. The molecule has 1 saturated carbocycles. The fraction of sp³-hybridized carbons (Fsp3) is 0.652. The summed E-state index contributed by atoms with van der Waals surface area (Å²) in [6, 6.07) is 8.84. The van der Waals surface area contributed by atoms with Gasteiger partial charge in [0.15, 0.2) is 5.96 Å². The number of benzene rings is 1. The molecule has 1 fully saturated rings. The average molecular weight is 385 g/mol. The molecule has 0 unspecified atom stereocenters.